The van der Waals surface area contributed by atoms with Crippen LogP contribution in [0, 0.1) is 18.3 Å². The van der Waals surface area contributed by atoms with Crippen LogP contribution in [-0.4, -0.2) is 4.98 Å². The number of anilines is 1. The first-order chi connectivity index (χ1) is 9.26. The maximum atomic E-state index is 9.25. The molecule has 0 aromatic carbocycles. The summed E-state index contributed by atoms with van der Waals surface area (Å²) in [4.78, 5) is 5.60. The van der Waals surface area contributed by atoms with E-state index >= 15 is 0 Å². The zero-order valence-corrected chi connectivity index (χ0v) is 12.0. The maximum absolute atomic E-state index is 9.25. The fourth-order valence-electron chi connectivity index (χ4n) is 2.04. The molecule has 2 aromatic heterocycles. The Morgan fingerprint density at radius 2 is 2.32 bits per heavy atom. The van der Waals surface area contributed by atoms with Crippen molar-refractivity contribution in [3.8, 4) is 6.07 Å². The third-order valence-electron chi connectivity index (χ3n) is 3.05. The second kappa shape index (κ2) is 6.35. The van der Waals surface area contributed by atoms with Crippen molar-refractivity contribution < 1.29 is 0 Å². The number of aryl methyl sites for hydroxylation is 1. The number of hydrogen-bond acceptors (Lipinski definition) is 4. The van der Waals surface area contributed by atoms with E-state index in [1.165, 1.54) is 4.88 Å². The zero-order chi connectivity index (χ0) is 13.7. The van der Waals surface area contributed by atoms with Gasteiger partial charge in [0.2, 0.25) is 0 Å². The molecule has 19 heavy (non-hydrogen) atoms. The summed E-state index contributed by atoms with van der Waals surface area (Å²) in [5, 5.41) is 14.7. The van der Waals surface area contributed by atoms with Crippen molar-refractivity contribution in [2.75, 3.05) is 5.32 Å². The monoisotopic (exact) mass is 271 g/mol. The fraction of sp³-hybridized carbons (Fsp3) is 0.333. The zero-order valence-electron chi connectivity index (χ0n) is 11.2. The lowest BCUT2D eigenvalue weighted by atomic mass is 10.1. The Morgan fingerprint density at radius 1 is 1.47 bits per heavy atom. The number of hydrogen-bond donors (Lipinski definition) is 1. The molecule has 0 aliphatic rings. The van der Waals surface area contributed by atoms with Gasteiger partial charge in [0.1, 0.15) is 11.9 Å². The van der Waals surface area contributed by atoms with Crippen molar-refractivity contribution in [3.63, 3.8) is 0 Å². The lowest BCUT2D eigenvalue weighted by molar-refractivity contribution is 0.684. The summed E-state index contributed by atoms with van der Waals surface area (Å²) in [6.07, 6.45) is 3.86. The van der Waals surface area contributed by atoms with Crippen LogP contribution in [0.25, 0.3) is 0 Å². The van der Waals surface area contributed by atoms with Gasteiger partial charge in [-0.05, 0) is 36.4 Å². The summed E-state index contributed by atoms with van der Waals surface area (Å²) in [6.45, 7) is 4.10. The number of nitrogens with zero attached hydrogens (tertiary/aromatic N) is 2. The average Bonchev–Trinajstić information content (AvgIpc) is 2.92. The largest absolute Gasteiger partial charge is 0.361 e. The highest BCUT2D eigenvalue weighted by atomic mass is 32.1. The van der Waals surface area contributed by atoms with E-state index in [4.69, 9.17) is 0 Å². The molecule has 1 atom stereocenters. The Hall–Kier alpha value is -1.86. The molecule has 0 aliphatic heterocycles. The van der Waals surface area contributed by atoms with Crippen molar-refractivity contribution in [3.05, 3.63) is 45.8 Å². The van der Waals surface area contributed by atoms with Crippen LogP contribution >= 0.6 is 11.3 Å². The smallest absolute Gasteiger partial charge is 0.144 e. The van der Waals surface area contributed by atoms with E-state index in [1.54, 1.807) is 17.5 Å². The van der Waals surface area contributed by atoms with Crippen molar-refractivity contribution in [2.24, 2.45) is 0 Å². The van der Waals surface area contributed by atoms with E-state index in [2.05, 4.69) is 40.8 Å². The highest BCUT2D eigenvalue weighted by molar-refractivity contribution is 7.10. The van der Waals surface area contributed by atoms with Crippen LogP contribution in [0.15, 0.2) is 29.8 Å². The first-order valence-corrected chi connectivity index (χ1v) is 7.29. The summed E-state index contributed by atoms with van der Waals surface area (Å²) in [5.74, 6) is 0.689. The topological polar surface area (TPSA) is 48.7 Å². The number of rotatable bonds is 5. The third-order valence-corrected chi connectivity index (χ3v) is 4.03. The minimum atomic E-state index is 0.228. The molecule has 0 saturated heterocycles. The Balaban J connectivity index is 2.28. The Bertz CT molecular complexity index is 570. The van der Waals surface area contributed by atoms with Crippen molar-refractivity contribution >= 4 is 17.2 Å². The highest BCUT2D eigenvalue weighted by Gasteiger charge is 2.15. The van der Waals surface area contributed by atoms with Gasteiger partial charge in [-0.15, -0.1) is 11.3 Å². The van der Waals surface area contributed by atoms with E-state index in [0.29, 0.717) is 11.4 Å². The molecule has 0 spiro atoms. The molecule has 0 bridgehead atoms. The quantitative estimate of drug-likeness (QED) is 0.883. The number of pyridine rings is 1. The van der Waals surface area contributed by atoms with Gasteiger partial charge in [0.25, 0.3) is 0 Å². The molecule has 0 fully saturated rings. The minimum absolute atomic E-state index is 0.228. The van der Waals surface area contributed by atoms with Gasteiger partial charge in [-0.25, -0.2) is 4.98 Å². The molecule has 2 heterocycles. The Labute approximate surface area is 117 Å². The van der Waals surface area contributed by atoms with E-state index in [-0.39, 0.29) is 6.04 Å². The SMILES string of the molecule is CCCC(Nc1nccc(C)c1C#N)c1cccs1. The summed E-state index contributed by atoms with van der Waals surface area (Å²) in [5.41, 5.74) is 1.60. The minimum Gasteiger partial charge on any atom is -0.361 e. The number of aromatic nitrogens is 1. The second-order valence-electron chi connectivity index (χ2n) is 4.46. The average molecular weight is 271 g/mol. The second-order valence-corrected chi connectivity index (χ2v) is 5.44. The summed E-state index contributed by atoms with van der Waals surface area (Å²) in [6, 6.07) is 8.51. The first kappa shape index (κ1) is 13.6. The van der Waals surface area contributed by atoms with E-state index in [1.807, 2.05) is 13.0 Å². The molecule has 1 N–H and O–H groups in total. The van der Waals surface area contributed by atoms with Gasteiger partial charge in [0.05, 0.1) is 11.6 Å². The maximum Gasteiger partial charge on any atom is 0.144 e. The Morgan fingerprint density at radius 3 is 2.95 bits per heavy atom. The van der Waals surface area contributed by atoms with Crippen LogP contribution in [-0.2, 0) is 0 Å². The van der Waals surface area contributed by atoms with Crippen LogP contribution in [0.2, 0.25) is 0 Å². The molecule has 2 aromatic rings. The molecule has 0 saturated carbocycles. The molecule has 4 heteroatoms. The van der Waals surface area contributed by atoms with Gasteiger partial charge in [0, 0.05) is 11.1 Å². The summed E-state index contributed by atoms with van der Waals surface area (Å²) >= 11 is 1.73. The first-order valence-electron chi connectivity index (χ1n) is 6.42. The van der Waals surface area contributed by atoms with E-state index in [9.17, 15) is 5.26 Å². The predicted molar refractivity (Wildman–Crippen MR) is 79.3 cm³/mol. The van der Waals surface area contributed by atoms with Crippen LogP contribution in [0.3, 0.4) is 0 Å². The summed E-state index contributed by atoms with van der Waals surface area (Å²) < 4.78 is 0. The number of thiophene rings is 1. The lowest BCUT2D eigenvalue weighted by Crippen LogP contribution is -2.12. The summed E-state index contributed by atoms with van der Waals surface area (Å²) in [7, 11) is 0. The molecule has 3 nitrogen and oxygen atoms in total. The van der Waals surface area contributed by atoms with Crippen molar-refractivity contribution in [1.82, 2.24) is 4.98 Å². The van der Waals surface area contributed by atoms with E-state index in [0.717, 1.165) is 18.4 Å². The van der Waals surface area contributed by atoms with Crippen LogP contribution < -0.4 is 5.32 Å². The van der Waals surface area contributed by atoms with Gasteiger partial charge < -0.3 is 5.32 Å². The van der Waals surface area contributed by atoms with E-state index < -0.39 is 0 Å². The molecule has 0 aliphatic carbocycles. The third kappa shape index (κ3) is 3.12. The molecule has 1 unspecified atom stereocenters. The van der Waals surface area contributed by atoms with Crippen molar-refractivity contribution in [2.45, 2.75) is 32.7 Å². The van der Waals surface area contributed by atoms with Crippen LogP contribution in [0.1, 0.15) is 41.8 Å². The molecular formula is C15H17N3S. The van der Waals surface area contributed by atoms with Gasteiger partial charge in [-0.2, -0.15) is 5.26 Å². The number of nitrogens with one attached hydrogen (secondary N) is 1. The molecule has 0 amide bonds. The molecule has 0 radical (unpaired) electrons. The molecular weight excluding hydrogens is 254 g/mol. The standard InChI is InChI=1S/C15H17N3S/c1-3-5-13(14-6-4-9-19-14)18-15-12(10-16)11(2)7-8-17-15/h4,6-9,13H,3,5H2,1-2H3,(H,17,18). The van der Waals surface area contributed by atoms with Gasteiger partial charge >= 0.3 is 0 Å². The van der Waals surface area contributed by atoms with Gasteiger partial charge in [0.15, 0.2) is 0 Å². The number of nitriles is 1. The van der Waals surface area contributed by atoms with Crippen LogP contribution in [0.5, 0.6) is 0 Å². The molecule has 98 valence electrons. The van der Waals surface area contributed by atoms with Gasteiger partial charge in [-0.1, -0.05) is 19.4 Å². The Kier molecular flexibility index (Phi) is 4.53. The fourth-order valence-corrected chi connectivity index (χ4v) is 2.85. The normalized spacial score (nSPS) is 11.8. The van der Waals surface area contributed by atoms with Crippen molar-refractivity contribution in [1.29, 1.82) is 5.26 Å². The van der Waals surface area contributed by atoms with Crippen LogP contribution in [0.4, 0.5) is 5.82 Å². The highest BCUT2D eigenvalue weighted by Crippen LogP contribution is 2.28. The molecule has 2 rings (SSSR count). The van der Waals surface area contributed by atoms with Gasteiger partial charge in [-0.3, -0.25) is 0 Å². The lowest BCUT2D eigenvalue weighted by Gasteiger charge is -2.18. The predicted octanol–water partition coefficient (Wildman–Crippen LogP) is 4.28.